The summed E-state index contributed by atoms with van der Waals surface area (Å²) in [4.78, 5) is 0. The Bertz CT molecular complexity index is 678. The van der Waals surface area contributed by atoms with E-state index in [-0.39, 0.29) is 5.75 Å². The van der Waals surface area contributed by atoms with Gasteiger partial charge in [-0.2, -0.15) is 0 Å². The van der Waals surface area contributed by atoms with Crippen LogP contribution in [0.2, 0.25) is 19.6 Å². The van der Waals surface area contributed by atoms with Crippen molar-refractivity contribution in [1.29, 1.82) is 0 Å². The molecule has 0 aliphatic carbocycles. The van der Waals surface area contributed by atoms with Gasteiger partial charge in [-0.25, -0.2) is 0 Å². The van der Waals surface area contributed by atoms with Crippen molar-refractivity contribution in [1.82, 2.24) is 5.32 Å². The molecule has 0 saturated heterocycles. The second-order valence-electron chi connectivity index (χ2n) is 7.07. The first-order valence-electron chi connectivity index (χ1n) is 8.28. The van der Waals surface area contributed by atoms with E-state index in [1.54, 1.807) is 12.1 Å². The van der Waals surface area contributed by atoms with Crippen LogP contribution in [0.5, 0.6) is 5.75 Å². The van der Waals surface area contributed by atoms with Gasteiger partial charge in [-0.05, 0) is 36.2 Å². The molecule has 0 unspecified atom stereocenters. The molecule has 2 nitrogen and oxygen atoms in total. The standard InChI is InChI=1S/C19H24F3NOSi/c1-25(2,3)18-9-7-16(8-10-18)14-23-12-11-15-5-4-6-17(13-15)24-19(20,21)22/h4-10,13,23H,11-12,14H2,1-3H3. The molecular weight excluding hydrogens is 343 g/mol. The van der Waals surface area contributed by atoms with Gasteiger partial charge in [0.05, 0.1) is 8.07 Å². The van der Waals surface area contributed by atoms with E-state index < -0.39 is 14.4 Å². The fourth-order valence-electron chi connectivity index (χ4n) is 2.49. The molecule has 0 aliphatic rings. The number of halogens is 3. The van der Waals surface area contributed by atoms with Crippen molar-refractivity contribution in [2.75, 3.05) is 6.54 Å². The molecule has 0 radical (unpaired) electrons. The first-order chi connectivity index (χ1) is 11.6. The number of rotatable bonds is 7. The van der Waals surface area contributed by atoms with Gasteiger partial charge < -0.3 is 10.1 Å². The van der Waals surface area contributed by atoms with E-state index in [4.69, 9.17) is 0 Å². The van der Waals surface area contributed by atoms with Crippen LogP contribution in [0.15, 0.2) is 48.5 Å². The van der Waals surface area contributed by atoms with E-state index in [1.165, 1.54) is 22.9 Å². The van der Waals surface area contributed by atoms with E-state index in [2.05, 4.69) is 54.0 Å². The minimum atomic E-state index is -4.65. The monoisotopic (exact) mass is 367 g/mol. The summed E-state index contributed by atoms with van der Waals surface area (Å²) in [5.41, 5.74) is 2.01. The third kappa shape index (κ3) is 6.92. The van der Waals surface area contributed by atoms with Crippen LogP contribution in [-0.4, -0.2) is 21.0 Å². The van der Waals surface area contributed by atoms with Crippen LogP contribution in [0, 0.1) is 0 Å². The first-order valence-corrected chi connectivity index (χ1v) is 11.8. The number of alkyl halides is 3. The van der Waals surface area contributed by atoms with E-state index in [0.29, 0.717) is 13.0 Å². The topological polar surface area (TPSA) is 21.3 Å². The maximum atomic E-state index is 12.2. The van der Waals surface area contributed by atoms with Gasteiger partial charge in [-0.1, -0.05) is 61.2 Å². The second kappa shape index (κ2) is 8.06. The smallest absolute Gasteiger partial charge is 0.406 e. The number of ether oxygens (including phenoxy) is 1. The average molecular weight is 367 g/mol. The molecule has 0 bridgehead atoms. The van der Waals surface area contributed by atoms with Crippen molar-refractivity contribution in [3.63, 3.8) is 0 Å². The molecule has 6 heteroatoms. The molecule has 25 heavy (non-hydrogen) atoms. The lowest BCUT2D eigenvalue weighted by atomic mass is 10.1. The summed E-state index contributed by atoms with van der Waals surface area (Å²) in [6.45, 7) is 8.38. The molecule has 0 amide bonds. The molecule has 2 rings (SSSR count). The van der Waals surface area contributed by atoms with Crippen LogP contribution in [-0.2, 0) is 13.0 Å². The van der Waals surface area contributed by atoms with Gasteiger partial charge in [0.2, 0.25) is 0 Å². The summed E-state index contributed by atoms with van der Waals surface area (Å²) in [5, 5.41) is 4.75. The van der Waals surface area contributed by atoms with Crippen molar-refractivity contribution in [2.45, 2.75) is 39.0 Å². The van der Waals surface area contributed by atoms with Gasteiger partial charge in [-0.3, -0.25) is 0 Å². The summed E-state index contributed by atoms with van der Waals surface area (Å²) in [6.07, 6.45) is -4.01. The molecule has 0 aromatic heterocycles. The lowest BCUT2D eigenvalue weighted by Crippen LogP contribution is -2.37. The van der Waals surface area contributed by atoms with Crippen LogP contribution in [0.1, 0.15) is 11.1 Å². The highest BCUT2D eigenvalue weighted by molar-refractivity contribution is 6.88. The van der Waals surface area contributed by atoms with Crippen molar-refractivity contribution in [2.24, 2.45) is 0 Å². The SMILES string of the molecule is C[Si](C)(C)c1ccc(CNCCc2cccc(OC(F)(F)F)c2)cc1. The maximum Gasteiger partial charge on any atom is 0.573 e. The zero-order chi connectivity index (χ0) is 18.5. The van der Waals surface area contributed by atoms with Crippen molar-refractivity contribution in [3.8, 4) is 5.75 Å². The van der Waals surface area contributed by atoms with Crippen molar-refractivity contribution >= 4 is 13.3 Å². The van der Waals surface area contributed by atoms with E-state index in [0.717, 1.165) is 12.1 Å². The Balaban J connectivity index is 1.80. The Morgan fingerprint density at radius 3 is 2.24 bits per heavy atom. The molecule has 2 aromatic carbocycles. The zero-order valence-electron chi connectivity index (χ0n) is 14.8. The third-order valence-electron chi connectivity index (χ3n) is 3.87. The zero-order valence-corrected chi connectivity index (χ0v) is 15.8. The first kappa shape index (κ1) is 19.5. The molecule has 0 fully saturated rings. The van der Waals surface area contributed by atoms with Crippen LogP contribution in [0.4, 0.5) is 13.2 Å². The highest BCUT2D eigenvalue weighted by Gasteiger charge is 2.31. The molecule has 136 valence electrons. The summed E-state index contributed by atoms with van der Waals surface area (Å²) in [5.74, 6) is -0.174. The molecule has 0 aliphatic heterocycles. The lowest BCUT2D eigenvalue weighted by molar-refractivity contribution is -0.274. The van der Waals surface area contributed by atoms with Crippen molar-refractivity contribution in [3.05, 3.63) is 59.7 Å². The van der Waals surface area contributed by atoms with Gasteiger partial charge in [0, 0.05) is 6.54 Å². The minimum absolute atomic E-state index is 0.174. The van der Waals surface area contributed by atoms with Crippen LogP contribution in [0.3, 0.4) is 0 Å². The molecule has 0 heterocycles. The Morgan fingerprint density at radius 1 is 0.960 bits per heavy atom. The summed E-state index contributed by atoms with van der Waals surface area (Å²) >= 11 is 0. The average Bonchev–Trinajstić information content (AvgIpc) is 2.50. The van der Waals surface area contributed by atoms with E-state index >= 15 is 0 Å². The van der Waals surface area contributed by atoms with Crippen LogP contribution >= 0.6 is 0 Å². The Hall–Kier alpha value is -1.79. The fourth-order valence-corrected chi connectivity index (χ4v) is 3.65. The molecule has 0 saturated carbocycles. The van der Waals surface area contributed by atoms with Gasteiger partial charge in [0.25, 0.3) is 0 Å². The van der Waals surface area contributed by atoms with Crippen LogP contribution < -0.4 is 15.2 Å². The third-order valence-corrected chi connectivity index (χ3v) is 5.94. The quantitative estimate of drug-likeness (QED) is 0.576. The fraction of sp³-hybridized carbons (Fsp3) is 0.368. The number of benzene rings is 2. The van der Waals surface area contributed by atoms with Gasteiger partial charge in [-0.15, -0.1) is 13.2 Å². The highest BCUT2D eigenvalue weighted by atomic mass is 28.3. The second-order valence-corrected chi connectivity index (χ2v) is 12.1. The summed E-state index contributed by atoms with van der Waals surface area (Å²) in [6, 6.07) is 14.8. The molecule has 0 spiro atoms. The summed E-state index contributed by atoms with van der Waals surface area (Å²) in [7, 11) is -1.27. The van der Waals surface area contributed by atoms with Gasteiger partial charge in [0.15, 0.2) is 0 Å². The largest absolute Gasteiger partial charge is 0.573 e. The Morgan fingerprint density at radius 2 is 1.64 bits per heavy atom. The van der Waals surface area contributed by atoms with Crippen molar-refractivity contribution < 1.29 is 17.9 Å². The minimum Gasteiger partial charge on any atom is -0.406 e. The van der Waals surface area contributed by atoms with E-state index in [1.807, 2.05) is 0 Å². The lowest BCUT2D eigenvalue weighted by Gasteiger charge is -2.16. The molecule has 0 atom stereocenters. The predicted molar refractivity (Wildman–Crippen MR) is 98.0 cm³/mol. The summed E-state index contributed by atoms with van der Waals surface area (Å²) < 4.78 is 40.7. The van der Waals surface area contributed by atoms with Crippen LogP contribution in [0.25, 0.3) is 0 Å². The highest BCUT2D eigenvalue weighted by Crippen LogP contribution is 2.23. The predicted octanol–water partition coefficient (Wildman–Crippen LogP) is 4.46. The Labute approximate surface area is 148 Å². The van der Waals surface area contributed by atoms with E-state index in [9.17, 15) is 13.2 Å². The Kier molecular flexibility index (Phi) is 6.29. The number of hydrogen-bond donors (Lipinski definition) is 1. The number of hydrogen-bond acceptors (Lipinski definition) is 2. The molecular formula is C19H24F3NOSi. The molecule has 2 aromatic rings. The molecule has 1 N–H and O–H groups in total. The maximum absolute atomic E-state index is 12.2. The van der Waals surface area contributed by atoms with Gasteiger partial charge >= 0.3 is 6.36 Å². The van der Waals surface area contributed by atoms with Gasteiger partial charge in [0.1, 0.15) is 5.75 Å². The number of nitrogens with one attached hydrogen (secondary N) is 1. The normalized spacial score (nSPS) is 12.2.